The third-order valence-corrected chi connectivity index (χ3v) is 3.68. The molecule has 0 amide bonds. The topological polar surface area (TPSA) is 134 Å². The number of carbonyl (C=O) groups is 2. The number of carbonyl (C=O) groups excluding carboxylic acids is 2. The minimum atomic E-state index is -1.26. The number of benzene rings is 2. The predicted octanol–water partition coefficient (Wildman–Crippen LogP) is 2.24. The highest BCUT2D eigenvalue weighted by Crippen LogP contribution is 2.26. The molecule has 0 aliphatic heterocycles. The molecule has 0 bridgehead atoms. The Labute approximate surface area is 160 Å². The van der Waals surface area contributed by atoms with Gasteiger partial charge in [0, 0.05) is 12.5 Å². The Bertz CT molecular complexity index is 888. The number of aromatic hydroxyl groups is 4. The van der Waals surface area contributed by atoms with E-state index in [2.05, 4.69) is 0 Å². The highest BCUT2D eigenvalue weighted by molar-refractivity contribution is 5.89. The Morgan fingerprint density at radius 3 is 2.21 bits per heavy atom. The summed E-state index contributed by atoms with van der Waals surface area (Å²) in [6.45, 7) is 1.71. The van der Waals surface area contributed by atoms with E-state index in [-0.39, 0.29) is 36.0 Å². The van der Waals surface area contributed by atoms with Gasteiger partial charge in [-0.25, -0.2) is 9.59 Å². The van der Waals surface area contributed by atoms with Crippen LogP contribution in [0.15, 0.2) is 42.5 Å². The number of hydrogen-bond donors (Lipinski definition) is 4. The summed E-state index contributed by atoms with van der Waals surface area (Å²) in [5.74, 6) is -2.88. The number of hydrogen-bond acceptors (Lipinski definition) is 8. The van der Waals surface area contributed by atoms with E-state index in [0.717, 1.165) is 6.08 Å². The largest absolute Gasteiger partial charge is 0.504 e. The molecule has 0 aromatic heterocycles. The molecule has 8 heteroatoms. The first kappa shape index (κ1) is 20.6. The second-order valence-electron chi connectivity index (χ2n) is 5.79. The first-order valence-corrected chi connectivity index (χ1v) is 8.38. The van der Waals surface area contributed by atoms with Crippen LogP contribution in [0.2, 0.25) is 0 Å². The van der Waals surface area contributed by atoms with E-state index in [9.17, 15) is 30.0 Å². The SMILES string of the molecule is CCOC(=O)[C@@H](Cc1ccc(O)c(O)c1)OC(=O)/C=C\c1ccc(O)c(O)c1. The summed E-state index contributed by atoms with van der Waals surface area (Å²) < 4.78 is 10.1. The van der Waals surface area contributed by atoms with Crippen molar-refractivity contribution in [1.29, 1.82) is 0 Å². The highest BCUT2D eigenvalue weighted by Gasteiger charge is 2.24. The average molecular weight is 388 g/mol. The maximum absolute atomic E-state index is 12.1. The van der Waals surface area contributed by atoms with E-state index in [0.29, 0.717) is 11.1 Å². The second-order valence-corrected chi connectivity index (χ2v) is 5.79. The molecule has 2 aromatic carbocycles. The lowest BCUT2D eigenvalue weighted by Gasteiger charge is -2.16. The van der Waals surface area contributed by atoms with E-state index < -0.39 is 18.0 Å². The summed E-state index contributed by atoms with van der Waals surface area (Å²) in [6, 6.07) is 7.97. The summed E-state index contributed by atoms with van der Waals surface area (Å²) >= 11 is 0. The van der Waals surface area contributed by atoms with Crippen LogP contribution in [-0.4, -0.2) is 45.1 Å². The van der Waals surface area contributed by atoms with Crippen molar-refractivity contribution in [2.45, 2.75) is 19.4 Å². The molecule has 28 heavy (non-hydrogen) atoms. The lowest BCUT2D eigenvalue weighted by molar-refractivity contribution is -0.164. The summed E-state index contributed by atoms with van der Waals surface area (Å²) in [4.78, 5) is 24.2. The Hall–Kier alpha value is -3.68. The molecule has 0 aliphatic carbocycles. The number of esters is 2. The molecular formula is C20H20O8. The number of phenols is 4. The summed E-state index contributed by atoms with van der Waals surface area (Å²) in [7, 11) is 0. The van der Waals surface area contributed by atoms with Crippen molar-refractivity contribution in [2.24, 2.45) is 0 Å². The molecule has 0 unspecified atom stereocenters. The molecule has 1 atom stereocenters. The monoisotopic (exact) mass is 388 g/mol. The van der Waals surface area contributed by atoms with Gasteiger partial charge in [-0.15, -0.1) is 0 Å². The Kier molecular flexibility index (Phi) is 6.86. The molecule has 4 N–H and O–H groups in total. The van der Waals surface area contributed by atoms with Crippen molar-refractivity contribution in [2.75, 3.05) is 6.61 Å². The molecule has 148 valence electrons. The van der Waals surface area contributed by atoms with E-state index in [1.54, 1.807) is 6.92 Å². The van der Waals surface area contributed by atoms with E-state index in [4.69, 9.17) is 9.47 Å². The maximum Gasteiger partial charge on any atom is 0.347 e. The van der Waals surface area contributed by atoms with Crippen LogP contribution in [0.1, 0.15) is 18.1 Å². The van der Waals surface area contributed by atoms with E-state index in [1.165, 1.54) is 42.5 Å². The molecular weight excluding hydrogens is 368 g/mol. The smallest absolute Gasteiger partial charge is 0.347 e. The molecule has 0 radical (unpaired) electrons. The third-order valence-electron chi connectivity index (χ3n) is 3.68. The molecule has 0 saturated carbocycles. The van der Waals surface area contributed by atoms with Crippen molar-refractivity contribution < 1.29 is 39.5 Å². The number of rotatable bonds is 7. The summed E-state index contributed by atoms with van der Waals surface area (Å²) in [5.41, 5.74) is 0.886. The first-order valence-electron chi connectivity index (χ1n) is 8.38. The average Bonchev–Trinajstić information content (AvgIpc) is 2.65. The molecule has 0 fully saturated rings. The van der Waals surface area contributed by atoms with Gasteiger partial charge >= 0.3 is 11.9 Å². The fourth-order valence-electron chi connectivity index (χ4n) is 2.31. The fourth-order valence-corrected chi connectivity index (χ4v) is 2.31. The van der Waals surface area contributed by atoms with Gasteiger partial charge in [0.2, 0.25) is 6.10 Å². The van der Waals surface area contributed by atoms with Crippen molar-refractivity contribution in [3.05, 3.63) is 53.6 Å². The number of ether oxygens (including phenoxy) is 2. The van der Waals surface area contributed by atoms with Gasteiger partial charge in [-0.2, -0.15) is 0 Å². The zero-order valence-corrected chi connectivity index (χ0v) is 15.0. The lowest BCUT2D eigenvalue weighted by Crippen LogP contribution is -2.30. The van der Waals surface area contributed by atoms with Crippen molar-refractivity contribution >= 4 is 18.0 Å². The standard InChI is InChI=1S/C20H20O8/c1-2-27-20(26)18(11-13-4-7-15(22)17(24)10-13)28-19(25)8-5-12-3-6-14(21)16(23)9-12/h3-10,18,21-24H,2,11H2,1H3/b8-5-/t18-/m1/s1. The zero-order valence-electron chi connectivity index (χ0n) is 15.0. The predicted molar refractivity (Wildman–Crippen MR) is 98.8 cm³/mol. The van der Waals surface area contributed by atoms with Gasteiger partial charge < -0.3 is 29.9 Å². The third kappa shape index (κ3) is 5.66. The van der Waals surface area contributed by atoms with Gasteiger partial charge in [0.05, 0.1) is 6.61 Å². The van der Waals surface area contributed by atoms with Crippen molar-refractivity contribution in [3.8, 4) is 23.0 Å². The molecule has 0 heterocycles. The Morgan fingerprint density at radius 1 is 0.964 bits per heavy atom. The second kappa shape index (κ2) is 9.31. The van der Waals surface area contributed by atoms with Crippen LogP contribution in [-0.2, 0) is 25.5 Å². The summed E-state index contributed by atoms with van der Waals surface area (Å²) in [5, 5.41) is 37.7. The van der Waals surface area contributed by atoms with Crippen LogP contribution in [0.25, 0.3) is 6.08 Å². The van der Waals surface area contributed by atoms with Crippen LogP contribution in [0.5, 0.6) is 23.0 Å². The summed E-state index contributed by atoms with van der Waals surface area (Å²) in [6.07, 6.45) is 1.09. The zero-order chi connectivity index (χ0) is 20.7. The number of phenolic OH excluding ortho intramolecular Hbond substituents is 4. The van der Waals surface area contributed by atoms with Crippen LogP contribution < -0.4 is 0 Å². The van der Waals surface area contributed by atoms with Crippen LogP contribution >= 0.6 is 0 Å². The minimum absolute atomic E-state index is 0.0632. The van der Waals surface area contributed by atoms with Crippen LogP contribution in [0.3, 0.4) is 0 Å². The first-order chi connectivity index (χ1) is 13.3. The molecule has 2 aromatic rings. The Balaban J connectivity index is 2.11. The van der Waals surface area contributed by atoms with Gasteiger partial charge in [-0.05, 0) is 48.4 Å². The van der Waals surface area contributed by atoms with Gasteiger partial charge in [0.15, 0.2) is 23.0 Å². The van der Waals surface area contributed by atoms with E-state index >= 15 is 0 Å². The Morgan fingerprint density at radius 2 is 1.61 bits per heavy atom. The molecule has 0 aliphatic rings. The fraction of sp³-hybridized carbons (Fsp3) is 0.200. The van der Waals surface area contributed by atoms with Crippen molar-refractivity contribution in [3.63, 3.8) is 0 Å². The van der Waals surface area contributed by atoms with E-state index in [1.807, 2.05) is 0 Å². The molecule has 8 nitrogen and oxygen atoms in total. The normalized spacial score (nSPS) is 11.9. The quantitative estimate of drug-likeness (QED) is 0.322. The van der Waals surface area contributed by atoms with Crippen LogP contribution in [0, 0.1) is 0 Å². The van der Waals surface area contributed by atoms with Gasteiger partial charge in [-0.1, -0.05) is 12.1 Å². The van der Waals surface area contributed by atoms with Gasteiger partial charge in [-0.3, -0.25) is 0 Å². The molecule has 0 saturated heterocycles. The van der Waals surface area contributed by atoms with Gasteiger partial charge in [0.1, 0.15) is 0 Å². The minimum Gasteiger partial charge on any atom is -0.504 e. The molecule has 0 spiro atoms. The molecule has 2 rings (SSSR count). The van der Waals surface area contributed by atoms with Crippen molar-refractivity contribution in [1.82, 2.24) is 0 Å². The lowest BCUT2D eigenvalue weighted by atomic mass is 10.1. The maximum atomic E-state index is 12.1. The highest BCUT2D eigenvalue weighted by atomic mass is 16.6. The van der Waals surface area contributed by atoms with Crippen LogP contribution in [0.4, 0.5) is 0 Å². The van der Waals surface area contributed by atoms with Gasteiger partial charge in [0.25, 0.3) is 0 Å².